The van der Waals surface area contributed by atoms with Gasteiger partial charge in [-0.25, -0.2) is 0 Å². The van der Waals surface area contributed by atoms with Crippen LogP contribution in [-0.2, 0) is 22.6 Å². The highest BCUT2D eigenvalue weighted by Crippen LogP contribution is 2.28. The molecule has 1 aromatic carbocycles. The van der Waals surface area contributed by atoms with Crippen molar-refractivity contribution in [2.24, 2.45) is 11.5 Å². The van der Waals surface area contributed by atoms with Crippen LogP contribution in [0.1, 0.15) is 17.5 Å². The minimum atomic E-state index is -1.11. The first-order chi connectivity index (χ1) is 9.02. The molecule has 1 atom stereocenters. The summed E-state index contributed by atoms with van der Waals surface area (Å²) in [6.07, 6.45) is 1.02. The van der Waals surface area contributed by atoms with Gasteiger partial charge in [-0.3, -0.25) is 9.59 Å². The van der Waals surface area contributed by atoms with E-state index in [2.05, 4.69) is 0 Å². The van der Waals surface area contributed by atoms with E-state index in [0.717, 1.165) is 16.8 Å². The van der Waals surface area contributed by atoms with Crippen LogP contribution in [0.3, 0.4) is 0 Å². The summed E-state index contributed by atoms with van der Waals surface area (Å²) >= 11 is 0. The summed E-state index contributed by atoms with van der Waals surface area (Å²) in [5.74, 6) is -1.21. The molecule has 1 heterocycles. The fraction of sp³-hybridized carbons (Fsp3) is 0.385. The Morgan fingerprint density at radius 1 is 1.42 bits per heavy atom. The number of anilines is 1. The van der Waals surface area contributed by atoms with Crippen molar-refractivity contribution < 1.29 is 14.7 Å². The average molecular weight is 263 g/mol. The summed E-state index contributed by atoms with van der Waals surface area (Å²) in [7, 11) is 0. The van der Waals surface area contributed by atoms with Gasteiger partial charge in [-0.1, -0.05) is 12.1 Å². The minimum Gasteiger partial charge on any atom is -0.480 e. The number of hydrogen-bond acceptors (Lipinski definition) is 4. The topological polar surface area (TPSA) is 110 Å². The van der Waals surface area contributed by atoms with Crippen molar-refractivity contribution in [3.63, 3.8) is 0 Å². The molecule has 1 aliphatic heterocycles. The van der Waals surface area contributed by atoms with Gasteiger partial charge in [-0.2, -0.15) is 0 Å². The van der Waals surface area contributed by atoms with Crippen LogP contribution in [0.25, 0.3) is 0 Å². The van der Waals surface area contributed by atoms with Crippen molar-refractivity contribution in [2.45, 2.75) is 25.4 Å². The van der Waals surface area contributed by atoms with Gasteiger partial charge < -0.3 is 21.5 Å². The molecule has 19 heavy (non-hydrogen) atoms. The Balaban J connectivity index is 2.30. The zero-order chi connectivity index (χ0) is 14.0. The number of rotatable bonds is 4. The van der Waals surface area contributed by atoms with Gasteiger partial charge in [0.1, 0.15) is 6.04 Å². The molecule has 102 valence electrons. The highest BCUT2D eigenvalue weighted by molar-refractivity contribution is 5.97. The average Bonchev–Trinajstić information content (AvgIpc) is 2.41. The number of aliphatic carboxylic acids is 1. The maximum Gasteiger partial charge on any atom is 0.322 e. The zero-order valence-electron chi connectivity index (χ0n) is 10.5. The van der Waals surface area contributed by atoms with Crippen LogP contribution in [0, 0.1) is 0 Å². The van der Waals surface area contributed by atoms with Crippen molar-refractivity contribution in [3.05, 3.63) is 29.3 Å². The molecule has 2 rings (SSSR count). The number of nitrogens with zero attached hydrogens (tertiary/aromatic N) is 1. The molecule has 0 saturated carbocycles. The summed E-state index contributed by atoms with van der Waals surface area (Å²) < 4.78 is 0. The Morgan fingerprint density at radius 2 is 2.16 bits per heavy atom. The number of amides is 1. The van der Waals surface area contributed by atoms with Crippen molar-refractivity contribution in [1.29, 1.82) is 0 Å². The van der Waals surface area contributed by atoms with E-state index in [9.17, 15) is 9.59 Å². The largest absolute Gasteiger partial charge is 0.480 e. The molecule has 0 aromatic heterocycles. The first-order valence-electron chi connectivity index (χ1n) is 6.13. The van der Waals surface area contributed by atoms with E-state index in [-0.39, 0.29) is 12.5 Å². The van der Waals surface area contributed by atoms with Gasteiger partial charge >= 0.3 is 5.97 Å². The molecule has 1 aromatic rings. The Bertz CT molecular complexity index is 516. The standard InChI is InChI=1S/C13H17N3O3/c14-6-8-1-3-11-9(5-8)2-4-12(17)16(11)7-10(15)13(18)19/h1,3,5,10H,2,4,6-7,14-15H2,(H,18,19). The van der Waals surface area contributed by atoms with Crippen LogP contribution in [-0.4, -0.2) is 29.6 Å². The number of fused-ring (bicyclic) bond motifs is 1. The Hall–Kier alpha value is -1.92. The fourth-order valence-electron chi connectivity index (χ4n) is 2.22. The number of carboxylic acid groups (broad SMARTS) is 1. The third-order valence-electron chi connectivity index (χ3n) is 3.28. The number of carbonyl (C=O) groups is 2. The number of nitrogens with two attached hydrogens (primary N) is 2. The summed E-state index contributed by atoms with van der Waals surface area (Å²) in [6.45, 7) is 0.430. The predicted octanol–water partition coefficient (Wildman–Crippen LogP) is -0.164. The first-order valence-corrected chi connectivity index (χ1v) is 6.13. The predicted molar refractivity (Wildman–Crippen MR) is 70.6 cm³/mol. The SMILES string of the molecule is NCc1ccc2c(c1)CCC(=O)N2CC(N)C(=O)O. The maximum atomic E-state index is 11.9. The second kappa shape index (κ2) is 5.38. The third-order valence-corrected chi connectivity index (χ3v) is 3.28. The smallest absolute Gasteiger partial charge is 0.322 e. The van der Waals surface area contributed by atoms with Crippen molar-refractivity contribution in [2.75, 3.05) is 11.4 Å². The number of carbonyl (C=O) groups excluding carboxylic acids is 1. The number of carboxylic acids is 1. The third kappa shape index (κ3) is 2.74. The van der Waals surface area contributed by atoms with E-state index in [1.54, 1.807) is 0 Å². The fourth-order valence-corrected chi connectivity index (χ4v) is 2.22. The lowest BCUT2D eigenvalue weighted by Crippen LogP contribution is -2.47. The number of benzene rings is 1. The lowest BCUT2D eigenvalue weighted by Gasteiger charge is -2.30. The molecule has 0 radical (unpaired) electrons. The van der Waals surface area contributed by atoms with Crippen LogP contribution < -0.4 is 16.4 Å². The molecule has 0 spiro atoms. The summed E-state index contributed by atoms with van der Waals surface area (Å²) in [5.41, 5.74) is 13.8. The molecule has 0 aliphatic carbocycles. The molecule has 1 amide bonds. The van der Waals surface area contributed by atoms with Gasteiger partial charge in [-0.15, -0.1) is 0 Å². The number of aryl methyl sites for hydroxylation is 1. The Morgan fingerprint density at radius 3 is 2.79 bits per heavy atom. The summed E-state index contributed by atoms with van der Waals surface area (Å²) in [4.78, 5) is 24.2. The molecule has 0 bridgehead atoms. The molecule has 0 saturated heterocycles. The van der Waals surface area contributed by atoms with Crippen LogP contribution >= 0.6 is 0 Å². The van der Waals surface area contributed by atoms with Crippen molar-refractivity contribution in [1.82, 2.24) is 0 Å². The van der Waals surface area contributed by atoms with E-state index in [0.29, 0.717) is 19.4 Å². The quantitative estimate of drug-likeness (QED) is 0.699. The molecular formula is C13H17N3O3. The monoisotopic (exact) mass is 263 g/mol. The molecule has 0 fully saturated rings. The maximum absolute atomic E-state index is 11.9. The van der Waals surface area contributed by atoms with E-state index < -0.39 is 12.0 Å². The molecule has 1 unspecified atom stereocenters. The lowest BCUT2D eigenvalue weighted by atomic mass is 9.98. The van der Waals surface area contributed by atoms with E-state index in [1.165, 1.54) is 4.90 Å². The molecule has 6 nitrogen and oxygen atoms in total. The zero-order valence-corrected chi connectivity index (χ0v) is 10.5. The van der Waals surface area contributed by atoms with Crippen molar-refractivity contribution in [3.8, 4) is 0 Å². The highest BCUT2D eigenvalue weighted by atomic mass is 16.4. The van der Waals surface area contributed by atoms with E-state index in [4.69, 9.17) is 16.6 Å². The first kappa shape index (κ1) is 13.5. The van der Waals surface area contributed by atoms with Gasteiger partial charge in [0.15, 0.2) is 0 Å². The molecule has 5 N–H and O–H groups in total. The van der Waals surface area contributed by atoms with Gasteiger partial charge in [0, 0.05) is 18.7 Å². The molecule has 6 heteroatoms. The van der Waals surface area contributed by atoms with Crippen LogP contribution in [0.15, 0.2) is 18.2 Å². The second-order valence-corrected chi connectivity index (χ2v) is 4.62. The van der Waals surface area contributed by atoms with Crippen molar-refractivity contribution >= 4 is 17.6 Å². The second-order valence-electron chi connectivity index (χ2n) is 4.62. The van der Waals surface area contributed by atoms with E-state index in [1.807, 2.05) is 18.2 Å². The minimum absolute atomic E-state index is 0.0108. The summed E-state index contributed by atoms with van der Waals surface area (Å²) in [6, 6.07) is 4.53. The molecule has 1 aliphatic rings. The van der Waals surface area contributed by atoms with Gasteiger partial charge in [0.2, 0.25) is 5.91 Å². The van der Waals surface area contributed by atoms with Crippen LogP contribution in [0.5, 0.6) is 0 Å². The highest BCUT2D eigenvalue weighted by Gasteiger charge is 2.27. The van der Waals surface area contributed by atoms with E-state index >= 15 is 0 Å². The van der Waals surface area contributed by atoms with Crippen LogP contribution in [0.2, 0.25) is 0 Å². The Labute approximate surface area is 111 Å². The molecular weight excluding hydrogens is 246 g/mol. The Kier molecular flexibility index (Phi) is 3.82. The van der Waals surface area contributed by atoms with Gasteiger partial charge in [0.25, 0.3) is 0 Å². The summed E-state index contributed by atoms with van der Waals surface area (Å²) in [5, 5.41) is 8.85. The number of hydrogen-bond donors (Lipinski definition) is 3. The normalized spacial score (nSPS) is 16.1. The van der Waals surface area contributed by atoms with Crippen LogP contribution in [0.4, 0.5) is 5.69 Å². The van der Waals surface area contributed by atoms with Gasteiger partial charge in [-0.05, 0) is 23.6 Å². The lowest BCUT2D eigenvalue weighted by molar-refractivity contribution is -0.138. The van der Waals surface area contributed by atoms with Gasteiger partial charge in [0.05, 0.1) is 6.54 Å².